The van der Waals surface area contributed by atoms with Crippen LogP contribution in [0.1, 0.15) is 30.9 Å². The van der Waals surface area contributed by atoms with Gasteiger partial charge in [0, 0.05) is 20.1 Å². The van der Waals surface area contributed by atoms with Gasteiger partial charge < -0.3 is 24.5 Å². The molecule has 43 heavy (non-hydrogen) atoms. The summed E-state index contributed by atoms with van der Waals surface area (Å²) in [5.41, 5.74) is 0.0578. The van der Waals surface area contributed by atoms with E-state index in [4.69, 9.17) is 16.3 Å². The van der Waals surface area contributed by atoms with Crippen LogP contribution in [-0.2, 0) is 25.5 Å². The van der Waals surface area contributed by atoms with Gasteiger partial charge in [-0.25, -0.2) is 0 Å². The number of fused-ring (bicyclic) bond motifs is 1. The van der Waals surface area contributed by atoms with Gasteiger partial charge in [0.15, 0.2) is 0 Å². The van der Waals surface area contributed by atoms with Gasteiger partial charge in [0.1, 0.15) is 11.6 Å². The number of halogens is 1. The molecule has 3 fully saturated rings. The van der Waals surface area contributed by atoms with Crippen LogP contribution in [0, 0.1) is 18.8 Å². The molecule has 1 N–H and O–H groups in total. The summed E-state index contributed by atoms with van der Waals surface area (Å²) in [5, 5.41) is 11.1. The molecule has 2 unspecified atom stereocenters. The Hall–Kier alpha value is -3.46. The predicted octanol–water partition coefficient (Wildman–Crippen LogP) is 4.18. The summed E-state index contributed by atoms with van der Waals surface area (Å²) in [6.07, 6.45) is 4.53. The zero-order valence-corrected chi connectivity index (χ0v) is 25.8. The lowest BCUT2D eigenvalue weighted by Gasteiger charge is -2.40. The Morgan fingerprint density at radius 2 is 1.81 bits per heavy atom. The first-order valence-corrected chi connectivity index (χ1v) is 15.1. The number of carbonyl (C=O) groups is 3. The molecule has 0 aliphatic carbocycles. The minimum atomic E-state index is -1.25. The number of carbonyl (C=O) groups excluding carboxylic acids is 3. The van der Waals surface area contributed by atoms with Crippen LogP contribution >= 0.6 is 11.6 Å². The van der Waals surface area contributed by atoms with Gasteiger partial charge in [0.05, 0.1) is 40.8 Å². The Bertz CT molecular complexity index is 1410. The van der Waals surface area contributed by atoms with Gasteiger partial charge in [-0.1, -0.05) is 66.2 Å². The second-order valence-electron chi connectivity index (χ2n) is 12.1. The highest BCUT2D eigenvalue weighted by Gasteiger charge is 2.78. The molecular formula is C34H40ClN3O5. The molecule has 5 rings (SSSR count). The van der Waals surface area contributed by atoms with Crippen LogP contribution < -0.4 is 4.90 Å². The Morgan fingerprint density at radius 1 is 1.12 bits per heavy atom. The molecule has 2 bridgehead atoms. The van der Waals surface area contributed by atoms with E-state index in [1.165, 1.54) is 4.90 Å². The van der Waals surface area contributed by atoms with Crippen LogP contribution in [0.3, 0.4) is 0 Å². The molecule has 3 saturated heterocycles. The molecule has 0 radical (unpaired) electrons. The summed E-state index contributed by atoms with van der Waals surface area (Å²) >= 11 is 6.67. The van der Waals surface area contributed by atoms with Crippen molar-refractivity contribution in [1.29, 1.82) is 0 Å². The van der Waals surface area contributed by atoms with Crippen molar-refractivity contribution in [1.82, 2.24) is 9.80 Å². The number of rotatable bonds is 11. The molecule has 228 valence electrons. The normalized spacial score (nSPS) is 28.0. The predicted molar refractivity (Wildman–Crippen MR) is 167 cm³/mol. The topological polar surface area (TPSA) is 90.4 Å². The van der Waals surface area contributed by atoms with Crippen LogP contribution in [0.2, 0.25) is 5.02 Å². The standard InChI is InChI=1S/C34H40ClN3O5/c1-6-18-36(5)30(40)26-27-31(41)38(24(21-39)20-23-13-9-8-10-14-23)29(34(27)17-16-33(26,4)43-34)32(42)37(19-7-2)28-22(3)12-11-15-25(28)35/h6-15,24,26-27,29,39H,1-2,16-21H2,3-5H3/t24-,26-,27+,29?,33+,34?/m1/s1. The van der Waals surface area contributed by atoms with Crippen molar-refractivity contribution >= 4 is 35.0 Å². The first-order chi connectivity index (χ1) is 20.5. The average Bonchev–Trinajstić information content (AvgIpc) is 3.56. The molecule has 0 saturated carbocycles. The lowest BCUT2D eigenvalue weighted by Crippen LogP contribution is -2.59. The molecule has 8 nitrogen and oxygen atoms in total. The minimum absolute atomic E-state index is 0.146. The van der Waals surface area contributed by atoms with E-state index < -0.39 is 35.1 Å². The first kappa shape index (κ1) is 31.0. The largest absolute Gasteiger partial charge is 0.394 e. The molecule has 3 amide bonds. The summed E-state index contributed by atoms with van der Waals surface area (Å²) < 4.78 is 6.81. The number of nitrogens with zero attached hydrogens (tertiary/aromatic N) is 3. The average molecular weight is 606 g/mol. The monoisotopic (exact) mass is 605 g/mol. The molecular weight excluding hydrogens is 566 g/mol. The molecule has 3 aliphatic rings. The van der Waals surface area contributed by atoms with E-state index in [-0.39, 0.29) is 30.9 Å². The number of likely N-dealkylation sites (tertiary alicyclic amines) is 1. The van der Waals surface area contributed by atoms with Gasteiger partial charge in [-0.2, -0.15) is 0 Å². The zero-order chi connectivity index (χ0) is 31.1. The van der Waals surface area contributed by atoms with Gasteiger partial charge in [-0.15, -0.1) is 13.2 Å². The van der Waals surface area contributed by atoms with Gasteiger partial charge >= 0.3 is 0 Å². The van der Waals surface area contributed by atoms with E-state index in [9.17, 15) is 19.5 Å². The fourth-order valence-electron chi connectivity index (χ4n) is 7.60. The Kier molecular flexibility index (Phi) is 8.58. The third kappa shape index (κ3) is 4.99. The minimum Gasteiger partial charge on any atom is -0.394 e. The van der Waals surface area contributed by atoms with E-state index >= 15 is 0 Å². The second kappa shape index (κ2) is 11.9. The first-order valence-electron chi connectivity index (χ1n) is 14.7. The third-order valence-corrected chi connectivity index (χ3v) is 9.75. The highest BCUT2D eigenvalue weighted by molar-refractivity contribution is 6.34. The van der Waals surface area contributed by atoms with Crippen molar-refractivity contribution < 1.29 is 24.2 Å². The van der Waals surface area contributed by atoms with Gasteiger partial charge in [-0.05, 0) is 50.3 Å². The molecule has 2 aromatic rings. The summed E-state index contributed by atoms with van der Waals surface area (Å²) in [6, 6.07) is 13.1. The highest BCUT2D eigenvalue weighted by atomic mass is 35.5. The number of aryl methyl sites for hydroxylation is 1. The summed E-state index contributed by atoms with van der Waals surface area (Å²) in [7, 11) is 1.68. The van der Waals surface area contributed by atoms with Crippen LogP contribution in [0.5, 0.6) is 0 Å². The SMILES string of the molecule is C=CCN(C)C(=O)[C@H]1[C@H]2C(=O)N([C@@H](CO)Cc3ccccc3)C(C(=O)N(CC=C)c3c(C)cccc3Cl)C23CC[C@]1(C)O3. The van der Waals surface area contributed by atoms with E-state index in [2.05, 4.69) is 13.2 Å². The number of para-hydroxylation sites is 1. The molecule has 9 heteroatoms. The van der Waals surface area contributed by atoms with E-state index in [0.717, 1.165) is 11.1 Å². The maximum atomic E-state index is 15.0. The number of benzene rings is 2. The lowest BCUT2D eigenvalue weighted by atomic mass is 9.66. The molecule has 6 atom stereocenters. The number of aliphatic hydroxyl groups is 1. The molecule has 3 aliphatic heterocycles. The maximum Gasteiger partial charge on any atom is 0.253 e. The second-order valence-corrected chi connectivity index (χ2v) is 12.6. The van der Waals surface area contributed by atoms with Crippen molar-refractivity contribution in [3.05, 3.63) is 90.0 Å². The third-order valence-electron chi connectivity index (χ3n) is 9.45. The van der Waals surface area contributed by atoms with Gasteiger partial charge in [-0.3, -0.25) is 14.4 Å². The number of amides is 3. The highest BCUT2D eigenvalue weighted by Crippen LogP contribution is 2.64. The van der Waals surface area contributed by atoms with Crippen LogP contribution in [0.25, 0.3) is 0 Å². The molecule has 0 aromatic heterocycles. The molecule has 2 aromatic carbocycles. The van der Waals surface area contributed by atoms with Gasteiger partial charge in [0.2, 0.25) is 11.8 Å². The smallest absolute Gasteiger partial charge is 0.253 e. The Labute approximate surface area is 258 Å². The van der Waals surface area contributed by atoms with Crippen LogP contribution in [-0.4, -0.2) is 82.7 Å². The van der Waals surface area contributed by atoms with Crippen LogP contribution in [0.15, 0.2) is 73.8 Å². The summed E-state index contributed by atoms with van der Waals surface area (Å²) in [5.74, 6) is -2.62. The van der Waals surface area contributed by atoms with Gasteiger partial charge in [0.25, 0.3) is 5.91 Å². The van der Waals surface area contributed by atoms with Crippen molar-refractivity contribution in [3.8, 4) is 0 Å². The number of hydrogen-bond acceptors (Lipinski definition) is 5. The fraction of sp³-hybridized carbons (Fsp3) is 0.441. The quantitative estimate of drug-likeness (QED) is 0.388. The number of likely N-dealkylation sites (N-methyl/N-ethyl adjacent to an activating group) is 1. The molecule has 3 heterocycles. The van der Waals surface area contributed by atoms with Crippen molar-refractivity contribution in [2.45, 2.75) is 56.4 Å². The van der Waals surface area contributed by atoms with Crippen molar-refractivity contribution in [2.75, 3.05) is 31.6 Å². The van der Waals surface area contributed by atoms with E-state index in [0.29, 0.717) is 36.5 Å². The van der Waals surface area contributed by atoms with Crippen molar-refractivity contribution in [3.63, 3.8) is 0 Å². The Balaban J connectivity index is 1.66. The zero-order valence-electron chi connectivity index (χ0n) is 25.0. The maximum absolute atomic E-state index is 15.0. The molecule has 1 spiro atoms. The van der Waals surface area contributed by atoms with E-state index in [1.54, 1.807) is 35.1 Å². The number of ether oxygens (including phenoxy) is 1. The van der Waals surface area contributed by atoms with Crippen molar-refractivity contribution in [2.24, 2.45) is 11.8 Å². The number of aliphatic hydroxyl groups excluding tert-OH is 1. The van der Waals surface area contributed by atoms with Crippen LogP contribution in [0.4, 0.5) is 5.69 Å². The summed E-state index contributed by atoms with van der Waals surface area (Å²) in [4.78, 5) is 48.2. The fourth-order valence-corrected chi connectivity index (χ4v) is 7.93. The Morgan fingerprint density at radius 3 is 2.44 bits per heavy atom. The number of anilines is 1. The van der Waals surface area contributed by atoms with E-state index in [1.807, 2.05) is 56.3 Å². The summed E-state index contributed by atoms with van der Waals surface area (Å²) in [6.45, 7) is 11.5. The lowest BCUT2D eigenvalue weighted by molar-refractivity contribution is -0.151. The number of hydrogen-bond donors (Lipinski definition) is 1.